The van der Waals surface area contributed by atoms with Crippen molar-refractivity contribution >= 4 is 17.5 Å². The Kier molecular flexibility index (Phi) is 3.97. The summed E-state index contributed by atoms with van der Waals surface area (Å²) in [5, 5.41) is 18.8. The van der Waals surface area contributed by atoms with Crippen LogP contribution in [0.25, 0.3) is 0 Å². The van der Waals surface area contributed by atoms with Crippen LogP contribution >= 0.6 is 11.6 Å². The Hall–Kier alpha value is -1.42. The first-order valence-corrected chi connectivity index (χ1v) is 6.52. The van der Waals surface area contributed by atoms with Crippen molar-refractivity contribution in [1.82, 2.24) is 4.90 Å². The Morgan fingerprint density at radius 1 is 1.33 bits per heavy atom. The summed E-state index contributed by atoms with van der Waals surface area (Å²) in [5.41, 5.74) is 0.308. The second-order valence-corrected chi connectivity index (χ2v) is 4.96. The third-order valence-corrected chi connectivity index (χ3v) is 3.61. The van der Waals surface area contributed by atoms with E-state index < -0.39 is 0 Å². The number of carbonyl (C=O) groups excluding carboxylic acids is 1. The van der Waals surface area contributed by atoms with Gasteiger partial charge >= 0.3 is 0 Å². The van der Waals surface area contributed by atoms with E-state index >= 15 is 0 Å². The van der Waals surface area contributed by atoms with Gasteiger partial charge in [-0.2, -0.15) is 0 Å². The molecule has 18 heavy (non-hydrogen) atoms. The van der Waals surface area contributed by atoms with Crippen LogP contribution in [0.15, 0.2) is 18.2 Å². The SMILES string of the molecule is O=C(c1cc(O)cc(O)c1)N1CCCC(CCl)C1. The molecule has 1 amide bonds. The van der Waals surface area contributed by atoms with E-state index in [2.05, 4.69) is 0 Å². The van der Waals surface area contributed by atoms with E-state index in [-0.39, 0.29) is 17.4 Å². The van der Waals surface area contributed by atoms with Gasteiger partial charge in [-0.15, -0.1) is 11.6 Å². The summed E-state index contributed by atoms with van der Waals surface area (Å²) in [5.74, 6) is 0.495. The maximum absolute atomic E-state index is 12.2. The molecule has 4 nitrogen and oxygen atoms in total. The number of phenolic OH excluding ortho intramolecular Hbond substituents is 2. The van der Waals surface area contributed by atoms with Gasteiger partial charge in [0.05, 0.1) is 0 Å². The molecule has 0 saturated carbocycles. The number of benzene rings is 1. The standard InChI is InChI=1S/C13H16ClNO3/c14-7-9-2-1-3-15(8-9)13(18)10-4-11(16)6-12(17)5-10/h4-6,9,16-17H,1-3,7-8H2. The molecule has 2 N–H and O–H groups in total. The molecule has 1 aromatic rings. The average molecular weight is 270 g/mol. The first-order valence-electron chi connectivity index (χ1n) is 5.98. The summed E-state index contributed by atoms with van der Waals surface area (Å²) in [7, 11) is 0. The van der Waals surface area contributed by atoms with Gasteiger partial charge < -0.3 is 15.1 Å². The molecular weight excluding hydrogens is 254 g/mol. The molecule has 98 valence electrons. The second-order valence-electron chi connectivity index (χ2n) is 4.65. The number of carbonyl (C=O) groups is 1. The molecule has 1 saturated heterocycles. The van der Waals surface area contributed by atoms with Gasteiger partial charge in [-0.05, 0) is 30.9 Å². The van der Waals surface area contributed by atoms with E-state index in [4.69, 9.17) is 11.6 Å². The first kappa shape index (κ1) is 13.0. The normalized spacial score (nSPS) is 19.8. The molecule has 1 unspecified atom stereocenters. The van der Waals surface area contributed by atoms with Crippen LogP contribution in [-0.2, 0) is 0 Å². The van der Waals surface area contributed by atoms with E-state index in [1.165, 1.54) is 18.2 Å². The number of phenols is 2. The van der Waals surface area contributed by atoms with E-state index in [0.717, 1.165) is 12.8 Å². The second kappa shape index (κ2) is 5.48. The van der Waals surface area contributed by atoms with Gasteiger partial charge in [0.25, 0.3) is 5.91 Å². The van der Waals surface area contributed by atoms with Crippen molar-refractivity contribution in [3.05, 3.63) is 23.8 Å². The molecule has 1 fully saturated rings. The van der Waals surface area contributed by atoms with Gasteiger partial charge in [0.1, 0.15) is 11.5 Å². The number of likely N-dealkylation sites (tertiary alicyclic amines) is 1. The van der Waals surface area contributed by atoms with Crippen molar-refractivity contribution < 1.29 is 15.0 Å². The molecule has 0 spiro atoms. The van der Waals surface area contributed by atoms with Gasteiger partial charge in [-0.3, -0.25) is 4.79 Å². The summed E-state index contributed by atoms with van der Waals surface area (Å²) in [6.07, 6.45) is 1.98. The van der Waals surface area contributed by atoms with Gasteiger partial charge in [-0.1, -0.05) is 0 Å². The largest absolute Gasteiger partial charge is 0.508 e. The van der Waals surface area contributed by atoms with E-state index in [0.29, 0.717) is 30.5 Å². The predicted molar refractivity (Wildman–Crippen MR) is 69.1 cm³/mol. The summed E-state index contributed by atoms with van der Waals surface area (Å²) in [6, 6.07) is 3.94. The molecule has 1 heterocycles. The molecule has 5 heteroatoms. The summed E-state index contributed by atoms with van der Waals surface area (Å²) >= 11 is 5.83. The summed E-state index contributed by atoms with van der Waals surface area (Å²) in [6.45, 7) is 1.33. The third-order valence-electron chi connectivity index (χ3n) is 3.17. The molecular formula is C13H16ClNO3. The Labute approximate surface area is 111 Å². The topological polar surface area (TPSA) is 60.8 Å². The zero-order chi connectivity index (χ0) is 13.1. The Morgan fingerprint density at radius 2 is 2.00 bits per heavy atom. The molecule has 1 aromatic carbocycles. The molecule has 1 aliphatic heterocycles. The zero-order valence-corrected chi connectivity index (χ0v) is 10.7. The fourth-order valence-electron chi connectivity index (χ4n) is 2.28. The van der Waals surface area contributed by atoms with E-state index in [1.54, 1.807) is 4.90 Å². The zero-order valence-electron chi connectivity index (χ0n) is 9.97. The number of alkyl halides is 1. The first-order chi connectivity index (χ1) is 8.60. The van der Waals surface area contributed by atoms with Crippen LogP contribution in [0.3, 0.4) is 0 Å². The van der Waals surface area contributed by atoms with Crippen molar-refractivity contribution in [3.63, 3.8) is 0 Å². The molecule has 2 rings (SSSR count). The minimum absolute atomic E-state index is 0.107. The van der Waals surface area contributed by atoms with Crippen LogP contribution in [0.4, 0.5) is 0 Å². The Balaban J connectivity index is 2.15. The lowest BCUT2D eigenvalue weighted by molar-refractivity contribution is 0.0684. The minimum Gasteiger partial charge on any atom is -0.508 e. The Morgan fingerprint density at radius 3 is 2.61 bits per heavy atom. The number of amides is 1. The highest BCUT2D eigenvalue weighted by Crippen LogP contribution is 2.24. The van der Waals surface area contributed by atoms with Gasteiger partial charge in [0, 0.05) is 30.6 Å². The van der Waals surface area contributed by atoms with Gasteiger partial charge in [0.15, 0.2) is 0 Å². The number of piperidine rings is 1. The van der Waals surface area contributed by atoms with Crippen LogP contribution in [0.1, 0.15) is 23.2 Å². The smallest absolute Gasteiger partial charge is 0.254 e. The monoisotopic (exact) mass is 269 g/mol. The molecule has 1 aliphatic rings. The van der Waals surface area contributed by atoms with E-state index in [9.17, 15) is 15.0 Å². The number of hydrogen-bond donors (Lipinski definition) is 2. The maximum atomic E-state index is 12.2. The van der Waals surface area contributed by atoms with Crippen molar-refractivity contribution in [1.29, 1.82) is 0 Å². The van der Waals surface area contributed by atoms with E-state index in [1.807, 2.05) is 0 Å². The summed E-state index contributed by atoms with van der Waals surface area (Å²) in [4.78, 5) is 14.0. The lowest BCUT2D eigenvalue weighted by Crippen LogP contribution is -2.40. The minimum atomic E-state index is -0.170. The number of nitrogens with zero attached hydrogens (tertiary/aromatic N) is 1. The highest BCUT2D eigenvalue weighted by Gasteiger charge is 2.24. The quantitative estimate of drug-likeness (QED) is 0.809. The van der Waals surface area contributed by atoms with Crippen LogP contribution in [0, 0.1) is 5.92 Å². The fraction of sp³-hybridized carbons (Fsp3) is 0.462. The number of rotatable bonds is 2. The number of aromatic hydroxyl groups is 2. The lowest BCUT2D eigenvalue weighted by atomic mass is 9.99. The molecule has 0 bridgehead atoms. The van der Waals surface area contributed by atoms with Gasteiger partial charge in [0.2, 0.25) is 0 Å². The highest BCUT2D eigenvalue weighted by molar-refractivity contribution is 6.18. The maximum Gasteiger partial charge on any atom is 0.254 e. The van der Waals surface area contributed by atoms with Gasteiger partial charge in [-0.25, -0.2) is 0 Å². The van der Waals surface area contributed by atoms with Crippen LogP contribution in [0.2, 0.25) is 0 Å². The van der Waals surface area contributed by atoms with Crippen LogP contribution in [-0.4, -0.2) is 40.0 Å². The number of hydrogen-bond acceptors (Lipinski definition) is 3. The Bertz CT molecular complexity index is 430. The predicted octanol–water partition coefficient (Wildman–Crippen LogP) is 2.19. The molecule has 0 aromatic heterocycles. The lowest BCUT2D eigenvalue weighted by Gasteiger charge is -2.31. The highest BCUT2D eigenvalue weighted by atomic mass is 35.5. The molecule has 1 atom stereocenters. The average Bonchev–Trinajstić information content (AvgIpc) is 2.37. The fourth-order valence-corrected chi connectivity index (χ4v) is 2.53. The van der Waals surface area contributed by atoms with Crippen molar-refractivity contribution in [2.24, 2.45) is 5.92 Å². The molecule has 0 aliphatic carbocycles. The number of halogens is 1. The van der Waals surface area contributed by atoms with Crippen LogP contribution in [0.5, 0.6) is 11.5 Å². The third kappa shape index (κ3) is 2.88. The van der Waals surface area contributed by atoms with Crippen molar-refractivity contribution in [2.45, 2.75) is 12.8 Å². The van der Waals surface area contributed by atoms with Crippen LogP contribution < -0.4 is 0 Å². The van der Waals surface area contributed by atoms with Crippen molar-refractivity contribution in [3.8, 4) is 11.5 Å². The molecule has 0 radical (unpaired) electrons. The summed E-state index contributed by atoms with van der Waals surface area (Å²) < 4.78 is 0. The van der Waals surface area contributed by atoms with Crippen molar-refractivity contribution in [2.75, 3.05) is 19.0 Å².